The maximum Gasteiger partial charge on any atom is 0.271 e. The van der Waals surface area contributed by atoms with Crippen LogP contribution in [0.4, 0.5) is 11.4 Å². The van der Waals surface area contributed by atoms with Crippen molar-refractivity contribution >= 4 is 40.5 Å². The van der Waals surface area contributed by atoms with Gasteiger partial charge in [-0.05, 0) is 24.3 Å². The van der Waals surface area contributed by atoms with Crippen molar-refractivity contribution < 1.29 is 14.5 Å². The number of benzene rings is 2. The van der Waals surface area contributed by atoms with Gasteiger partial charge in [0, 0.05) is 23.7 Å². The van der Waals surface area contributed by atoms with Gasteiger partial charge in [0.2, 0.25) is 0 Å². The molecule has 24 heavy (non-hydrogen) atoms. The molecule has 0 fully saturated rings. The summed E-state index contributed by atoms with van der Waals surface area (Å²) in [6, 6.07) is 8.34. The van der Waals surface area contributed by atoms with E-state index in [-0.39, 0.29) is 35.1 Å². The first-order valence-corrected chi connectivity index (χ1v) is 7.55. The Hall–Kier alpha value is -2.35. The molecule has 9 heteroatoms. The van der Waals surface area contributed by atoms with Crippen LogP contribution in [0.5, 0.6) is 5.75 Å². The van der Waals surface area contributed by atoms with Crippen molar-refractivity contribution in [1.82, 2.24) is 0 Å². The van der Waals surface area contributed by atoms with Gasteiger partial charge in [-0.15, -0.1) is 0 Å². The number of ether oxygens (including phenoxy) is 1. The molecular formula is C15H13Cl2N3O4. The minimum atomic E-state index is -0.576. The number of hydrogen-bond acceptors (Lipinski definition) is 5. The van der Waals surface area contributed by atoms with Crippen molar-refractivity contribution in [3.05, 3.63) is 62.1 Å². The highest BCUT2D eigenvalue weighted by molar-refractivity contribution is 6.34. The highest BCUT2D eigenvalue weighted by Gasteiger charge is 2.16. The van der Waals surface area contributed by atoms with Gasteiger partial charge in [0.1, 0.15) is 12.4 Å². The molecule has 126 valence electrons. The van der Waals surface area contributed by atoms with Gasteiger partial charge in [0.25, 0.3) is 11.6 Å². The summed E-state index contributed by atoms with van der Waals surface area (Å²) in [6.07, 6.45) is 0. The highest BCUT2D eigenvalue weighted by Crippen LogP contribution is 2.29. The molecule has 2 aromatic carbocycles. The van der Waals surface area contributed by atoms with Crippen molar-refractivity contribution in [2.45, 2.75) is 0 Å². The number of nitrogens with two attached hydrogens (primary N) is 1. The number of nitrogens with zero attached hydrogens (tertiary/aromatic N) is 1. The molecule has 1 amide bonds. The lowest BCUT2D eigenvalue weighted by Gasteiger charge is -2.12. The molecule has 2 aromatic rings. The molecule has 0 bridgehead atoms. The number of nitrogens with one attached hydrogen (secondary N) is 1. The quantitative estimate of drug-likeness (QED) is 0.598. The Morgan fingerprint density at radius 3 is 2.62 bits per heavy atom. The average Bonchev–Trinajstić information content (AvgIpc) is 2.55. The molecule has 0 aromatic heterocycles. The molecule has 2 rings (SSSR count). The lowest BCUT2D eigenvalue weighted by atomic mass is 10.1. The molecule has 0 atom stereocenters. The number of nitro groups is 1. The van der Waals surface area contributed by atoms with Crippen LogP contribution in [0.25, 0.3) is 0 Å². The minimum absolute atomic E-state index is 0.0454. The Kier molecular flexibility index (Phi) is 5.97. The van der Waals surface area contributed by atoms with Crippen molar-refractivity contribution in [3.63, 3.8) is 0 Å². The predicted octanol–water partition coefficient (Wildman–Crippen LogP) is 3.49. The molecule has 0 heterocycles. The fourth-order valence-electron chi connectivity index (χ4n) is 1.88. The van der Waals surface area contributed by atoms with Crippen molar-refractivity contribution in [3.8, 4) is 5.75 Å². The lowest BCUT2D eigenvalue weighted by Crippen LogP contribution is -2.16. The molecule has 7 nitrogen and oxygen atoms in total. The number of anilines is 1. The molecule has 0 saturated carbocycles. The Labute approximate surface area is 147 Å². The smallest absolute Gasteiger partial charge is 0.271 e. The van der Waals surface area contributed by atoms with Crippen LogP contribution in [0.2, 0.25) is 10.0 Å². The fraction of sp³-hybridized carbons (Fsp3) is 0.133. The summed E-state index contributed by atoms with van der Waals surface area (Å²) >= 11 is 11.9. The highest BCUT2D eigenvalue weighted by atomic mass is 35.5. The van der Waals surface area contributed by atoms with Crippen molar-refractivity contribution in [2.75, 3.05) is 18.5 Å². The van der Waals surface area contributed by atoms with E-state index in [1.807, 2.05) is 0 Å². The molecule has 3 N–H and O–H groups in total. The van der Waals surface area contributed by atoms with E-state index in [9.17, 15) is 14.9 Å². The molecule has 0 saturated heterocycles. The first kappa shape index (κ1) is 18.0. The fourth-order valence-corrected chi connectivity index (χ4v) is 2.28. The zero-order valence-electron chi connectivity index (χ0n) is 12.3. The number of amides is 1. The van der Waals surface area contributed by atoms with Crippen LogP contribution in [-0.4, -0.2) is 24.0 Å². The van der Waals surface area contributed by atoms with E-state index < -0.39 is 10.8 Å². The van der Waals surface area contributed by atoms with Crippen LogP contribution < -0.4 is 15.8 Å². The predicted molar refractivity (Wildman–Crippen MR) is 92.1 cm³/mol. The van der Waals surface area contributed by atoms with Crippen LogP contribution >= 0.6 is 23.2 Å². The zero-order valence-corrected chi connectivity index (χ0v) is 13.8. The average molecular weight is 370 g/mol. The monoisotopic (exact) mass is 369 g/mol. The number of nitro benzene ring substituents is 1. The molecule has 0 aliphatic heterocycles. The SMILES string of the molecule is NCCOc1ccc(Cl)cc1C(=O)Nc1ccc([N+](=O)[O-])cc1Cl. The summed E-state index contributed by atoms with van der Waals surface area (Å²) in [5, 5.41) is 13.7. The molecular weight excluding hydrogens is 357 g/mol. The van der Waals surface area contributed by atoms with Crippen LogP contribution in [0.1, 0.15) is 10.4 Å². The second kappa shape index (κ2) is 7.96. The van der Waals surface area contributed by atoms with Crippen LogP contribution in [-0.2, 0) is 0 Å². The molecule has 0 aliphatic carbocycles. The third kappa shape index (κ3) is 4.35. The third-order valence-electron chi connectivity index (χ3n) is 2.97. The van der Waals surface area contributed by atoms with Gasteiger partial charge in [-0.2, -0.15) is 0 Å². The molecule has 0 spiro atoms. The van der Waals surface area contributed by atoms with Gasteiger partial charge in [0.15, 0.2) is 0 Å². The lowest BCUT2D eigenvalue weighted by molar-refractivity contribution is -0.384. The van der Waals surface area contributed by atoms with Gasteiger partial charge in [-0.1, -0.05) is 23.2 Å². The third-order valence-corrected chi connectivity index (χ3v) is 3.52. The number of carbonyl (C=O) groups is 1. The number of rotatable bonds is 6. The largest absolute Gasteiger partial charge is 0.491 e. The second-order valence-corrected chi connectivity index (χ2v) is 5.50. The van der Waals surface area contributed by atoms with Gasteiger partial charge >= 0.3 is 0 Å². The topological polar surface area (TPSA) is 107 Å². The van der Waals surface area contributed by atoms with E-state index in [1.54, 1.807) is 12.1 Å². The zero-order chi connectivity index (χ0) is 17.7. The molecule has 0 aliphatic rings. The first-order chi connectivity index (χ1) is 11.4. The van der Waals surface area contributed by atoms with Crippen LogP contribution in [0.15, 0.2) is 36.4 Å². The Morgan fingerprint density at radius 2 is 2.00 bits per heavy atom. The number of carbonyl (C=O) groups excluding carboxylic acids is 1. The molecule has 0 radical (unpaired) electrons. The standard InChI is InChI=1S/C15H13Cl2N3O4/c16-9-1-4-14(24-6-5-18)11(7-9)15(21)19-13-3-2-10(20(22)23)8-12(13)17/h1-4,7-8H,5-6,18H2,(H,19,21). The summed E-state index contributed by atoms with van der Waals surface area (Å²) in [5.41, 5.74) is 5.65. The Bertz CT molecular complexity index is 783. The Balaban J connectivity index is 2.26. The maximum atomic E-state index is 12.4. The minimum Gasteiger partial charge on any atom is -0.491 e. The van der Waals surface area contributed by atoms with Gasteiger partial charge in [-0.25, -0.2) is 0 Å². The van der Waals surface area contributed by atoms with Crippen LogP contribution in [0.3, 0.4) is 0 Å². The van der Waals surface area contributed by atoms with E-state index in [2.05, 4.69) is 5.32 Å². The van der Waals surface area contributed by atoms with Gasteiger partial charge < -0.3 is 15.8 Å². The van der Waals surface area contributed by atoms with E-state index >= 15 is 0 Å². The number of non-ortho nitro benzene ring substituents is 1. The van der Waals surface area contributed by atoms with Crippen molar-refractivity contribution in [1.29, 1.82) is 0 Å². The normalized spacial score (nSPS) is 10.3. The first-order valence-electron chi connectivity index (χ1n) is 6.80. The second-order valence-electron chi connectivity index (χ2n) is 4.65. The van der Waals surface area contributed by atoms with E-state index in [1.165, 1.54) is 18.2 Å². The van der Waals surface area contributed by atoms with E-state index in [4.69, 9.17) is 33.7 Å². The summed E-state index contributed by atoms with van der Waals surface area (Å²) in [5.74, 6) is -0.194. The number of halogens is 2. The summed E-state index contributed by atoms with van der Waals surface area (Å²) in [4.78, 5) is 22.6. The summed E-state index contributed by atoms with van der Waals surface area (Å²) in [7, 11) is 0. The Morgan fingerprint density at radius 1 is 1.25 bits per heavy atom. The summed E-state index contributed by atoms with van der Waals surface area (Å²) in [6.45, 7) is 0.526. The van der Waals surface area contributed by atoms with Crippen LogP contribution in [0, 0.1) is 10.1 Å². The summed E-state index contributed by atoms with van der Waals surface area (Å²) < 4.78 is 5.41. The maximum absolute atomic E-state index is 12.4. The molecule has 0 unspecified atom stereocenters. The van der Waals surface area contributed by atoms with Crippen molar-refractivity contribution in [2.24, 2.45) is 5.73 Å². The van der Waals surface area contributed by atoms with Gasteiger partial charge in [0.05, 0.1) is 21.2 Å². The van der Waals surface area contributed by atoms with E-state index in [0.29, 0.717) is 10.8 Å². The number of hydrogen-bond donors (Lipinski definition) is 2. The van der Waals surface area contributed by atoms with E-state index in [0.717, 1.165) is 6.07 Å². The van der Waals surface area contributed by atoms with Gasteiger partial charge in [-0.3, -0.25) is 14.9 Å².